The second-order valence-corrected chi connectivity index (χ2v) is 7.24. The number of halogens is 1. The van der Waals surface area contributed by atoms with Crippen molar-refractivity contribution in [3.63, 3.8) is 0 Å². The number of rotatable bonds is 5. The number of piperidine rings is 1. The first kappa shape index (κ1) is 18.0. The average molecular weight is 404 g/mol. The zero-order valence-electron chi connectivity index (χ0n) is 14.2. The molecule has 1 heterocycles. The number of carboxylic acids is 1. The van der Waals surface area contributed by atoms with Gasteiger partial charge in [0.1, 0.15) is 11.8 Å². The van der Waals surface area contributed by atoms with Crippen LogP contribution in [0.4, 0.5) is 0 Å². The quantitative estimate of drug-likeness (QED) is 0.798. The van der Waals surface area contributed by atoms with Gasteiger partial charge in [-0.3, -0.25) is 9.69 Å². The summed E-state index contributed by atoms with van der Waals surface area (Å²) < 4.78 is 6.37. The van der Waals surface area contributed by atoms with Crippen LogP contribution in [0.15, 0.2) is 53.0 Å². The third-order valence-corrected chi connectivity index (χ3v) is 5.23. The summed E-state index contributed by atoms with van der Waals surface area (Å²) in [6.45, 7) is 0.769. The van der Waals surface area contributed by atoms with Gasteiger partial charge in [-0.25, -0.2) is 0 Å². The fraction of sp³-hybridized carbons (Fsp3) is 0.350. The van der Waals surface area contributed by atoms with Gasteiger partial charge in [-0.15, -0.1) is 0 Å². The van der Waals surface area contributed by atoms with Crippen molar-refractivity contribution in [3.05, 3.63) is 64.1 Å². The van der Waals surface area contributed by atoms with Crippen LogP contribution in [0.2, 0.25) is 0 Å². The van der Waals surface area contributed by atoms with Crippen LogP contribution in [-0.4, -0.2) is 35.7 Å². The molecule has 0 aromatic heterocycles. The number of benzene rings is 2. The minimum atomic E-state index is -0.748. The molecule has 0 saturated carbocycles. The van der Waals surface area contributed by atoms with Gasteiger partial charge >= 0.3 is 5.97 Å². The van der Waals surface area contributed by atoms with Crippen molar-refractivity contribution in [2.45, 2.75) is 31.3 Å². The number of methoxy groups -OCH3 is 1. The lowest BCUT2D eigenvalue weighted by atomic mass is 9.91. The number of hydrogen-bond acceptors (Lipinski definition) is 3. The standard InChI is InChI=1S/C20H22BrNO3/c1-25-17-9-5-7-15(13-17)19(14-6-4-8-16(21)12-14)22-11-3-2-10-18(22)20(23)24/h4-9,12-13,18-19H,2-3,10-11H2,1H3,(H,23,24). The number of carboxylic acid groups (broad SMARTS) is 1. The molecule has 1 aliphatic heterocycles. The Balaban J connectivity index is 2.09. The largest absolute Gasteiger partial charge is 0.497 e. The van der Waals surface area contributed by atoms with Crippen molar-refractivity contribution < 1.29 is 14.6 Å². The van der Waals surface area contributed by atoms with Crippen LogP contribution in [0.3, 0.4) is 0 Å². The lowest BCUT2D eigenvalue weighted by molar-refractivity contribution is -0.145. The van der Waals surface area contributed by atoms with E-state index in [1.807, 2.05) is 36.4 Å². The molecule has 2 unspecified atom stereocenters. The molecule has 1 N–H and O–H groups in total. The summed E-state index contributed by atoms with van der Waals surface area (Å²) >= 11 is 3.54. The van der Waals surface area contributed by atoms with Gasteiger partial charge in [0.15, 0.2) is 0 Å². The Bertz CT molecular complexity index is 749. The molecule has 0 radical (unpaired) electrons. The van der Waals surface area contributed by atoms with E-state index >= 15 is 0 Å². The second kappa shape index (κ2) is 8.02. The Morgan fingerprint density at radius 2 is 1.92 bits per heavy atom. The van der Waals surface area contributed by atoms with Crippen molar-refractivity contribution in [2.75, 3.05) is 13.7 Å². The first-order valence-corrected chi connectivity index (χ1v) is 9.27. The summed E-state index contributed by atoms with van der Waals surface area (Å²) in [6.07, 6.45) is 2.65. The minimum Gasteiger partial charge on any atom is -0.497 e. The Morgan fingerprint density at radius 1 is 1.20 bits per heavy atom. The van der Waals surface area contributed by atoms with E-state index in [0.29, 0.717) is 6.42 Å². The van der Waals surface area contributed by atoms with Gasteiger partial charge in [0, 0.05) is 4.47 Å². The van der Waals surface area contributed by atoms with Crippen LogP contribution < -0.4 is 4.74 Å². The number of nitrogens with zero attached hydrogens (tertiary/aromatic N) is 1. The van der Waals surface area contributed by atoms with Crippen molar-refractivity contribution in [2.24, 2.45) is 0 Å². The van der Waals surface area contributed by atoms with Gasteiger partial charge in [0.2, 0.25) is 0 Å². The van der Waals surface area contributed by atoms with Crippen LogP contribution in [0.1, 0.15) is 36.4 Å². The van der Waals surface area contributed by atoms with E-state index in [-0.39, 0.29) is 6.04 Å². The van der Waals surface area contributed by atoms with Crippen LogP contribution in [0.25, 0.3) is 0 Å². The molecule has 4 nitrogen and oxygen atoms in total. The van der Waals surface area contributed by atoms with Gasteiger partial charge in [-0.2, -0.15) is 0 Å². The van der Waals surface area contributed by atoms with E-state index in [2.05, 4.69) is 33.0 Å². The predicted octanol–water partition coefficient (Wildman–Crippen LogP) is 4.49. The monoisotopic (exact) mass is 403 g/mol. The molecule has 1 fully saturated rings. The van der Waals surface area contributed by atoms with E-state index in [1.165, 1.54) is 0 Å². The van der Waals surface area contributed by atoms with E-state index in [0.717, 1.165) is 40.7 Å². The molecule has 2 aromatic carbocycles. The SMILES string of the molecule is COc1cccc(C(c2cccc(Br)c2)N2CCCCC2C(=O)O)c1. The molecule has 5 heteroatoms. The van der Waals surface area contributed by atoms with Gasteiger partial charge in [-0.1, -0.05) is 46.6 Å². The van der Waals surface area contributed by atoms with Gasteiger partial charge in [0.05, 0.1) is 13.2 Å². The zero-order chi connectivity index (χ0) is 17.8. The summed E-state index contributed by atoms with van der Waals surface area (Å²) in [5.74, 6) is 0.0315. The third kappa shape index (κ3) is 4.05. The Hall–Kier alpha value is -1.85. The van der Waals surface area contributed by atoms with E-state index in [9.17, 15) is 9.90 Å². The Kier molecular flexibility index (Phi) is 5.76. The molecular formula is C20H22BrNO3. The lowest BCUT2D eigenvalue weighted by Gasteiger charge is -2.39. The Labute approximate surface area is 156 Å². The van der Waals surface area contributed by atoms with Crippen LogP contribution in [-0.2, 0) is 4.79 Å². The van der Waals surface area contributed by atoms with Crippen molar-refractivity contribution in [1.29, 1.82) is 0 Å². The number of likely N-dealkylation sites (tertiary alicyclic amines) is 1. The fourth-order valence-electron chi connectivity index (χ4n) is 3.59. The smallest absolute Gasteiger partial charge is 0.320 e. The van der Waals surface area contributed by atoms with Gasteiger partial charge in [0.25, 0.3) is 0 Å². The molecule has 0 aliphatic carbocycles. The summed E-state index contributed by atoms with van der Waals surface area (Å²) in [7, 11) is 1.65. The highest BCUT2D eigenvalue weighted by molar-refractivity contribution is 9.10. The number of aliphatic carboxylic acids is 1. The fourth-order valence-corrected chi connectivity index (χ4v) is 4.01. The van der Waals surface area contributed by atoms with Crippen molar-refractivity contribution >= 4 is 21.9 Å². The summed E-state index contributed by atoms with van der Waals surface area (Å²) in [6, 6.07) is 15.4. The van der Waals surface area contributed by atoms with E-state index in [1.54, 1.807) is 7.11 Å². The molecule has 0 spiro atoms. The predicted molar refractivity (Wildman–Crippen MR) is 101 cm³/mol. The second-order valence-electron chi connectivity index (χ2n) is 6.32. The number of carbonyl (C=O) groups is 1. The summed E-state index contributed by atoms with van der Waals surface area (Å²) in [4.78, 5) is 14.0. The number of ether oxygens (including phenoxy) is 1. The minimum absolute atomic E-state index is 0.117. The van der Waals surface area contributed by atoms with Crippen LogP contribution in [0, 0.1) is 0 Å². The zero-order valence-corrected chi connectivity index (χ0v) is 15.8. The topological polar surface area (TPSA) is 49.8 Å². The number of hydrogen-bond donors (Lipinski definition) is 1. The maximum Gasteiger partial charge on any atom is 0.320 e. The molecule has 132 valence electrons. The molecule has 0 bridgehead atoms. The van der Waals surface area contributed by atoms with Gasteiger partial charge in [-0.05, 0) is 54.8 Å². The maximum absolute atomic E-state index is 11.8. The summed E-state index contributed by atoms with van der Waals surface area (Å²) in [5.41, 5.74) is 2.13. The van der Waals surface area contributed by atoms with Crippen molar-refractivity contribution in [1.82, 2.24) is 4.90 Å². The molecular weight excluding hydrogens is 382 g/mol. The normalized spacial score (nSPS) is 19.4. The highest BCUT2D eigenvalue weighted by Crippen LogP contribution is 2.36. The molecule has 0 amide bonds. The average Bonchev–Trinajstić information content (AvgIpc) is 2.62. The highest BCUT2D eigenvalue weighted by Gasteiger charge is 2.35. The van der Waals surface area contributed by atoms with E-state index in [4.69, 9.17) is 4.74 Å². The van der Waals surface area contributed by atoms with E-state index < -0.39 is 12.0 Å². The third-order valence-electron chi connectivity index (χ3n) is 4.73. The van der Waals surface area contributed by atoms with Gasteiger partial charge < -0.3 is 9.84 Å². The molecule has 2 aromatic rings. The highest BCUT2D eigenvalue weighted by atomic mass is 79.9. The lowest BCUT2D eigenvalue weighted by Crippen LogP contribution is -2.46. The first-order valence-electron chi connectivity index (χ1n) is 8.48. The summed E-state index contributed by atoms with van der Waals surface area (Å²) in [5, 5.41) is 9.73. The first-order chi connectivity index (χ1) is 12.1. The molecule has 1 aliphatic rings. The maximum atomic E-state index is 11.8. The molecule has 3 rings (SSSR count). The molecule has 25 heavy (non-hydrogen) atoms. The van der Waals surface area contributed by atoms with Crippen molar-refractivity contribution in [3.8, 4) is 5.75 Å². The molecule has 1 saturated heterocycles. The molecule has 2 atom stereocenters. The Morgan fingerprint density at radius 3 is 2.60 bits per heavy atom. The van der Waals surface area contributed by atoms with Crippen LogP contribution in [0.5, 0.6) is 5.75 Å². The van der Waals surface area contributed by atoms with Crippen LogP contribution >= 0.6 is 15.9 Å².